The van der Waals surface area contributed by atoms with Crippen molar-refractivity contribution in [1.29, 1.82) is 0 Å². The first-order valence-corrected chi connectivity index (χ1v) is 6.68. The summed E-state index contributed by atoms with van der Waals surface area (Å²) < 4.78 is 10.9. The van der Waals surface area contributed by atoms with E-state index in [2.05, 4.69) is 29.4 Å². The van der Waals surface area contributed by atoms with Crippen LogP contribution in [0.4, 0.5) is 5.69 Å². The third-order valence-corrected chi connectivity index (χ3v) is 3.44. The Morgan fingerprint density at radius 1 is 1.37 bits per heavy atom. The number of hydrogen-bond acceptors (Lipinski definition) is 4. The van der Waals surface area contributed by atoms with Gasteiger partial charge in [-0.05, 0) is 31.9 Å². The molecule has 4 heteroatoms. The van der Waals surface area contributed by atoms with Crippen molar-refractivity contribution in [2.24, 2.45) is 0 Å². The molecule has 1 saturated heterocycles. The van der Waals surface area contributed by atoms with E-state index in [0.29, 0.717) is 12.1 Å². The van der Waals surface area contributed by atoms with Crippen molar-refractivity contribution in [2.45, 2.75) is 31.9 Å². The van der Waals surface area contributed by atoms with Gasteiger partial charge in [0.05, 0.1) is 12.3 Å². The molecule has 2 unspecified atom stereocenters. The molecule has 2 aromatic rings. The fourth-order valence-electron chi connectivity index (χ4n) is 2.49. The highest BCUT2D eigenvalue weighted by Gasteiger charge is 2.19. The molecule has 1 aliphatic heterocycles. The van der Waals surface area contributed by atoms with E-state index in [4.69, 9.17) is 9.15 Å². The molecule has 2 heterocycles. The summed E-state index contributed by atoms with van der Waals surface area (Å²) >= 11 is 0. The fourth-order valence-corrected chi connectivity index (χ4v) is 2.49. The highest BCUT2D eigenvalue weighted by Crippen LogP contribution is 2.24. The minimum atomic E-state index is 0.337. The Bertz CT molecular complexity index is 525. The summed E-state index contributed by atoms with van der Waals surface area (Å²) in [6.45, 7) is 2.96. The summed E-state index contributed by atoms with van der Waals surface area (Å²) in [5, 5.41) is 3.57. The molecule has 0 spiro atoms. The van der Waals surface area contributed by atoms with E-state index < -0.39 is 0 Å². The second kappa shape index (κ2) is 5.45. The number of nitrogens with one attached hydrogen (secondary N) is 1. The average molecular weight is 258 g/mol. The predicted molar refractivity (Wildman–Crippen MR) is 74.0 cm³/mol. The van der Waals surface area contributed by atoms with Crippen molar-refractivity contribution < 1.29 is 9.15 Å². The molecular weight excluding hydrogens is 240 g/mol. The summed E-state index contributed by atoms with van der Waals surface area (Å²) in [4.78, 5) is 3.95. The third kappa shape index (κ3) is 2.96. The van der Waals surface area contributed by atoms with Gasteiger partial charge < -0.3 is 14.5 Å². The van der Waals surface area contributed by atoms with Gasteiger partial charge in [-0.1, -0.05) is 12.1 Å². The molecular formula is C15H18N2O2. The lowest BCUT2D eigenvalue weighted by Crippen LogP contribution is -2.32. The zero-order valence-electron chi connectivity index (χ0n) is 11.0. The van der Waals surface area contributed by atoms with Crippen molar-refractivity contribution in [1.82, 2.24) is 4.98 Å². The van der Waals surface area contributed by atoms with Gasteiger partial charge in [0.25, 0.3) is 0 Å². The first-order chi connectivity index (χ1) is 9.31. The first kappa shape index (κ1) is 12.2. The Morgan fingerprint density at radius 2 is 2.32 bits per heavy atom. The lowest BCUT2D eigenvalue weighted by atomic mass is 10.0. The molecule has 1 aromatic heterocycles. The molecule has 0 bridgehead atoms. The maximum atomic E-state index is 5.57. The van der Waals surface area contributed by atoms with E-state index in [1.807, 2.05) is 12.1 Å². The van der Waals surface area contributed by atoms with Crippen LogP contribution in [0.5, 0.6) is 0 Å². The smallest absolute Gasteiger partial charge is 0.181 e. The second-order valence-corrected chi connectivity index (χ2v) is 4.99. The fraction of sp³-hybridized carbons (Fsp3) is 0.400. The normalized spacial score (nSPS) is 23.2. The van der Waals surface area contributed by atoms with E-state index in [9.17, 15) is 0 Å². The molecule has 100 valence electrons. The van der Waals surface area contributed by atoms with Crippen LogP contribution < -0.4 is 5.32 Å². The molecule has 1 aliphatic rings. The monoisotopic (exact) mass is 258 g/mol. The number of hydrogen-bond donors (Lipinski definition) is 1. The standard InChI is InChI=1S/C15H18N2O2/c1-11-7-14(5-6-18-11)17-13-4-2-3-12(8-13)15-9-16-10-19-15/h2-4,8-11,14,17H,5-7H2,1H3. The lowest BCUT2D eigenvalue weighted by Gasteiger charge is -2.28. The van der Waals surface area contributed by atoms with E-state index in [-0.39, 0.29) is 0 Å². The van der Waals surface area contributed by atoms with Crippen LogP contribution in [0, 0.1) is 0 Å². The van der Waals surface area contributed by atoms with Gasteiger partial charge in [0.2, 0.25) is 0 Å². The maximum absolute atomic E-state index is 5.57. The zero-order valence-corrected chi connectivity index (χ0v) is 11.0. The van der Waals surface area contributed by atoms with Crippen LogP contribution in [0.3, 0.4) is 0 Å². The van der Waals surface area contributed by atoms with Gasteiger partial charge in [-0.15, -0.1) is 0 Å². The lowest BCUT2D eigenvalue weighted by molar-refractivity contribution is 0.0232. The van der Waals surface area contributed by atoms with E-state index >= 15 is 0 Å². The molecule has 1 aromatic carbocycles. The molecule has 19 heavy (non-hydrogen) atoms. The van der Waals surface area contributed by atoms with Crippen molar-refractivity contribution in [3.63, 3.8) is 0 Å². The summed E-state index contributed by atoms with van der Waals surface area (Å²) in [6, 6.07) is 8.72. The quantitative estimate of drug-likeness (QED) is 0.917. The van der Waals surface area contributed by atoms with Crippen LogP contribution in [0.2, 0.25) is 0 Å². The predicted octanol–water partition coefficient (Wildman–Crippen LogP) is 3.32. The molecule has 2 atom stereocenters. The van der Waals surface area contributed by atoms with Crippen LogP contribution in [-0.2, 0) is 4.74 Å². The van der Waals surface area contributed by atoms with Gasteiger partial charge in [-0.25, -0.2) is 4.98 Å². The van der Waals surface area contributed by atoms with Gasteiger partial charge in [-0.3, -0.25) is 0 Å². The van der Waals surface area contributed by atoms with Crippen LogP contribution in [0.15, 0.2) is 41.3 Å². The van der Waals surface area contributed by atoms with Gasteiger partial charge in [0.1, 0.15) is 0 Å². The van der Waals surface area contributed by atoms with Crippen LogP contribution in [0.1, 0.15) is 19.8 Å². The number of nitrogens with zero attached hydrogens (tertiary/aromatic N) is 1. The molecule has 0 amide bonds. The number of aromatic nitrogens is 1. The number of oxazole rings is 1. The largest absolute Gasteiger partial charge is 0.444 e. The summed E-state index contributed by atoms with van der Waals surface area (Å²) in [5.41, 5.74) is 2.16. The van der Waals surface area contributed by atoms with Crippen molar-refractivity contribution in [2.75, 3.05) is 11.9 Å². The van der Waals surface area contributed by atoms with Crippen LogP contribution in [-0.4, -0.2) is 23.7 Å². The Hall–Kier alpha value is -1.81. The summed E-state index contributed by atoms with van der Waals surface area (Å²) in [7, 11) is 0. The average Bonchev–Trinajstić information content (AvgIpc) is 2.93. The zero-order chi connectivity index (χ0) is 13.1. The maximum Gasteiger partial charge on any atom is 0.181 e. The topological polar surface area (TPSA) is 47.3 Å². The van der Waals surface area contributed by atoms with E-state index in [1.165, 1.54) is 6.39 Å². The molecule has 0 radical (unpaired) electrons. The molecule has 0 saturated carbocycles. The summed E-state index contributed by atoms with van der Waals surface area (Å²) in [5.74, 6) is 0.795. The van der Waals surface area contributed by atoms with Gasteiger partial charge in [0.15, 0.2) is 12.2 Å². The molecule has 4 nitrogen and oxygen atoms in total. The molecule has 1 N–H and O–H groups in total. The van der Waals surface area contributed by atoms with Crippen molar-refractivity contribution in [3.8, 4) is 11.3 Å². The van der Waals surface area contributed by atoms with E-state index in [1.54, 1.807) is 6.20 Å². The Kier molecular flexibility index (Phi) is 3.51. The molecule has 0 aliphatic carbocycles. The molecule has 3 rings (SSSR count). The Labute approximate surface area is 112 Å². The minimum Gasteiger partial charge on any atom is -0.444 e. The summed E-state index contributed by atoms with van der Waals surface area (Å²) in [6.07, 6.45) is 5.62. The van der Waals surface area contributed by atoms with Crippen molar-refractivity contribution >= 4 is 5.69 Å². The van der Waals surface area contributed by atoms with Crippen LogP contribution in [0.25, 0.3) is 11.3 Å². The number of rotatable bonds is 3. The van der Waals surface area contributed by atoms with Gasteiger partial charge in [-0.2, -0.15) is 0 Å². The minimum absolute atomic E-state index is 0.337. The highest BCUT2D eigenvalue weighted by atomic mass is 16.5. The number of ether oxygens (including phenoxy) is 1. The van der Waals surface area contributed by atoms with Gasteiger partial charge in [0, 0.05) is 23.9 Å². The van der Waals surface area contributed by atoms with E-state index in [0.717, 1.165) is 36.5 Å². The highest BCUT2D eigenvalue weighted by molar-refractivity contribution is 5.63. The second-order valence-electron chi connectivity index (χ2n) is 4.99. The van der Waals surface area contributed by atoms with Crippen LogP contribution >= 0.6 is 0 Å². The SMILES string of the molecule is CC1CC(Nc2cccc(-c3cnco3)c2)CCO1. The number of anilines is 1. The Morgan fingerprint density at radius 3 is 3.11 bits per heavy atom. The third-order valence-electron chi connectivity index (χ3n) is 3.44. The number of benzene rings is 1. The van der Waals surface area contributed by atoms with Crippen molar-refractivity contribution in [3.05, 3.63) is 36.9 Å². The first-order valence-electron chi connectivity index (χ1n) is 6.68. The molecule has 1 fully saturated rings. The Balaban J connectivity index is 1.73. The van der Waals surface area contributed by atoms with Gasteiger partial charge >= 0.3 is 0 Å².